The third kappa shape index (κ3) is 3.54. The summed E-state index contributed by atoms with van der Waals surface area (Å²) in [5.74, 6) is 1.81. The lowest BCUT2D eigenvalue weighted by molar-refractivity contribution is 0.181. The molecule has 0 aliphatic carbocycles. The molecule has 27 heavy (non-hydrogen) atoms. The standard InChI is InChI=1S/C21H25ClN4O/c1-21(2,3)20-23-14(12-27-4)10-19(25-20)26-8-7-18-16(11-26)15-9-13(22)5-6-17(15)24-18/h5-6,9-10,24H,7-8,11-12H2,1-4H3. The van der Waals surface area contributed by atoms with Gasteiger partial charge in [0.05, 0.1) is 12.3 Å². The maximum Gasteiger partial charge on any atom is 0.136 e. The molecular formula is C21H25ClN4O. The Balaban J connectivity index is 1.74. The molecule has 0 spiro atoms. The van der Waals surface area contributed by atoms with Crippen LogP contribution in [0.1, 0.15) is 43.5 Å². The molecule has 0 radical (unpaired) electrons. The second kappa shape index (κ2) is 6.80. The zero-order chi connectivity index (χ0) is 19.2. The number of fused-ring (bicyclic) bond motifs is 3. The summed E-state index contributed by atoms with van der Waals surface area (Å²) in [5.41, 5.74) is 4.55. The van der Waals surface area contributed by atoms with E-state index in [1.165, 1.54) is 16.6 Å². The number of halogens is 1. The lowest BCUT2D eigenvalue weighted by atomic mass is 9.95. The Hall–Kier alpha value is -2.11. The van der Waals surface area contributed by atoms with Crippen LogP contribution >= 0.6 is 11.6 Å². The van der Waals surface area contributed by atoms with E-state index in [-0.39, 0.29) is 5.41 Å². The summed E-state index contributed by atoms with van der Waals surface area (Å²) in [6, 6.07) is 8.08. The third-order valence-corrected chi connectivity index (χ3v) is 5.23. The average molecular weight is 385 g/mol. The van der Waals surface area contributed by atoms with Gasteiger partial charge in [-0.25, -0.2) is 9.97 Å². The number of ether oxygens (including phenoxy) is 1. The van der Waals surface area contributed by atoms with Crippen LogP contribution in [0.2, 0.25) is 5.02 Å². The number of nitrogens with one attached hydrogen (secondary N) is 1. The van der Waals surface area contributed by atoms with Crippen molar-refractivity contribution < 1.29 is 4.74 Å². The van der Waals surface area contributed by atoms with Crippen molar-refractivity contribution in [1.29, 1.82) is 0 Å². The zero-order valence-electron chi connectivity index (χ0n) is 16.3. The van der Waals surface area contributed by atoms with Crippen LogP contribution in [0.4, 0.5) is 5.82 Å². The Morgan fingerprint density at radius 2 is 2.04 bits per heavy atom. The molecule has 2 aromatic heterocycles. The first-order valence-electron chi connectivity index (χ1n) is 9.26. The Bertz CT molecular complexity index is 990. The molecule has 0 bridgehead atoms. The normalized spacial score (nSPS) is 14.6. The quantitative estimate of drug-likeness (QED) is 0.716. The Labute approximate surface area is 164 Å². The van der Waals surface area contributed by atoms with E-state index in [9.17, 15) is 0 Å². The van der Waals surface area contributed by atoms with E-state index < -0.39 is 0 Å². The number of aromatic nitrogens is 3. The first kappa shape index (κ1) is 18.3. The monoisotopic (exact) mass is 384 g/mol. The second-order valence-electron chi connectivity index (χ2n) is 8.17. The fourth-order valence-corrected chi connectivity index (χ4v) is 3.76. The minimum atomic E-state index is -0.117. The van der Waals surface area contributed by atoms with Gasteiger partial charge >= 0.3 is 0 Å². The van der Waals surface area contributed by atoms with Crippen LogP contribution in [0.25, 0.3) is 10.9 Å². The van der Waals surface area contributed by atoms with Crippen LogP contribution in [0.15, 0.2) is 24.3 Å². The number of anilines is 1. The van der Waals surface area contributed by atoms with Gasteiger partial charge in [-0.15, -0.1) is 0 Å². The fourth-order valence-electron chi connectivity index (χ4n) is 3.58. The Morgan fingerprint density at radius 1 is 1.22 bits per heavy atom. The molecule has 1 N–H and O–H groups in total. The Morgan fingerprint density at radius 3 is 2.78 bits per heavy atom. The molecule has 5 nitrogen and oxygen atoms in total. The van der Waals surface area contributed by atoms with Crippen LogP contribution < -0.4 is 4.90 Å². The highest BCUT2D eigenvalue weighted by atomic mass is 35.5. The summed E-state index contributed by atoms with van der Waals surface area (Å²) >= 11 is 6.24. The van der Waals surface area contributed by atoms with Crippen molar-refractivity contribution in [1.82, 2.24) is 15.0 Å². The number of hydrogen-bond donors (Lipinski definition) is 1. The number of nitrogens with zero attached hydrogens (tertiary/aromatic N) is 3. The topological polar surface area (TPSA) is 54.0 Å². The van der Waals surface area contributed by atoms with E-state index in [1.807, 2.05) is 18.2 Å². The number of benzene rings is 1. The smallest absolute Gasteiger partial charge is 0.136 e. The highest BCUT2D eigenvalue weighted by Gasteiger charge is 2.25. The number of rotatable bonds is 3. The van der Waals surface area contributed by atoms with Gasteiger partial charge in [0.1, 0.15) is 11.6 Å². The number of methoxy groups -OCH3 is 1. The summed E-state index contributed by atoms with van der Waals surface area (Å²) in [5, 5.41) is 1.96. The van der Waals surface area contributed by atoms with Gasteiger partial charge in [0.2, 0.25) is 0 Å². The molecule has 142 valence electrons. The maximum atomic E-state index is 6.24. The predicted molar refractivity (Wildman–Crippen MR) is 110 cm³/mol. The lowest BCUT2D eigenvalue weighted by Gasteiger charge is -2.30. The molecule has 3 aromatic rings. The van der Waals surface area contributed by atoms with Crippen LogP contribution in [-0.2, 0) is 29.7 Å². The first-order valence-corrected chi connectivity index (χ1v) is 9.64. The molecule has 0 saturated heterocycles. The fraction of sp³-hybridized carbons (Fsp3) is 0.429. The highest BCUT2D eigenvalue weighted by Crippen LogP contribution is 2.32. The number of hydrogen-bond acceptors (Lipinski definition) is 4. The van der Waals surface area contributed by atoms with Crippen LogP contribution in [-0.4, -0.2) is 28.6 Å². The lowest BCUT2D eigenvalue weighted by Crippen LogP contribution is -2.32. The number of H-pyrrole nitrogens is 1. The van der Waals surface area contributed by atoms with Crippen molar-refractivity contribution in [3.05, 3.63) is 52.1 Å². The summed E-state index contributed by atoms with van der Waals surface area (Å²) in [7, 11) is 1.70. The van der Waals surface area contributed by atoms with Gasteiger partial charge < -0.3 is 14.6 Å². The second-order valence-corrected chi connectivity index (χ2v) is 8.60. The molecule has 1 aliphatic rings. The molecule has 6 heteroatoms. The molecule has 0 unspecified atom stereocenters. The summed E-state index contributed by atoms with van der Waals surface area (Å²) in [4.78, 5) is 15.5. The van der Waals surface area contributed by atoms with Gasteiger partial charge in [-0.1, -0.05) is 32.4 Å². The predicted octanol–water partition coefficient (Wildman–Crippen LogP) is 4.62. The van der Waals surface area contributed by atoms with E-state index in [0.717, 1.165) is 47.4 Å². The van der Waals surface area contributed by atoms with Gasteiger partial charge in [-0.2, -0.15) is 0 Å². The van der Waals surface area contributed by atoms with E-state index in [0.29, 0.717) is 6.61 Å². The van der Waals surface area contributed by atoms with E-state index in [4.69, 9.17) is 26.3 Å². The van der Waals surface area contributed by atoms with E-state index >= 15 is 0 Å². The zero-order valence-corrected chi connectivity index (χ0v) is 17.0. The maximum absolute atomic E-state index is 6.24. The van der Waals surface area contributed by atoms with Crippen molar-refractivity contribution in [3.63, 3.8) is 0 Å². The van der Waals surface area contributed by atoms with Gasteiger partial charge in [-0.05, 0) is 18.2 Å². The van der Waals surface area contributed by atoms with Crippen LogP contribution in [0, 0.1) is 0 Å². The summed E-state index contributed by atoms with van der Waals surface area (Å²) < 4.78 is 5.32. The molecule has 0 fully saturated rings. The molecule has 0 amide bonds. The highest BCUT2D eigenvalue weighted by molar-refractivity contribution is 6.31. The molecule has 0 atom stereocenters. The average Bonchev–Trinajstić information content (AvgIpc) is 2.98. The van der Waals surface area contributed by atoms with Crippen molar-refractivity contribution >= 4 is 28.3 Å². The first-order chi connectivity index (χ1) is 12.8. The van der Waals surface area contributed by atoms with E-state index in [1.54, 1.807) is 7.11 Å². The van der Waals surface area contributed by atoms with Crippen LogP contribution in [0.5, 0.6) is 0 Å². The number of aromatic amines is 1. The minimum absolute atomic E-state index is 0.117. The SMILES string of the molecule is COCc1cc(N2CCc3[nH]c4ccc(Cl)cc4c3C2)nc(C(C)(C)C)n1. The van der Waals surface area contributed by atoms with Gasteiger partial charge in [0, 0.05) is 65.3 Å². The van der Waals surface area contributed by atoms with Crippen molar-refractivity contribution in [2.45, 2.75) is 45.8 Å². The molecule has 4 rings (SSSR count). The van der Waals surface area contributed by atoms with E-state index in [2.05, 4.69) is 36.7 Å². The van der Waals surface area contributed by atoms with Gasteiger partial charge in [0.15, 0.2) is 0 Å². The van der Waals surface area contributed by atoms with Gasteiger partial charge in [-0.3, -0.25) is 0 Å². The minimum Gasteiger partial charge on any atom is -0.378 e. The largest absolute Gasteiger partial charge is 0.378 e. The summed E-state index contributed by atoms with van der Waals surface area (Å²) in [6.45, 7) is 8.62. The Kier molecular flexibility index (Phi) is 4.60. The van der Waals surface area contributed by atoms with Crippen molar-refractivity contribution in [2.24, 2.45) is 0 Å². The van der Waals surface area contributed by atoms with Crippen molar-refractivity contribution in [3.8, 4) is 0 Å². The molecule has 1 aromatic carbocycles. The molecule has 0 saturated carbocycles. The molecule has 1 aliphatic heterocycles. The summed E-state index contributed by atoms with van der Waals surface area (Å²) in [6.07, 6.45) is 0.954. The van der Waals surface area contributed by atoms with Crippen LogP contribution in [0.3, 0.4) is 0 Å². The van der Waals surface area contributed by atoms with Gasteiger partial charge in [0.25, 0.3) is 0 Å². The molecule has 3 heterocycles. The third-order valence-electron chi connectivity index (χ3n) is 4.99. The molecular weight excluding hydrogens is 360 g/mol. The van der Waals surface area contributed by atoms with Crippen molar-refractivity contribution in [2.75, 3.05) is 18.6 Å².